The minimum atomic E-state index is 1.07. The smallest absolute Gasteiger partial charge is 0.0546 e. The van der Waals surface area contributed by atoms with E-state index in [9.17, 15) is 0 Å². The number of anilines is 3. The van der Waals surface area contributed by atoms with Crippen molar-refractivity contribution in [1.29, 1.82) is 0 Å². The van der Waals surface area contributed by atoms with Gasteiger partial charge in [0.05, 0.1) is 16.7 Å². The highest BCUT2D eigenvalue weighted by Gasteiger charge is 2.20. The highest BCUT2D eigenvalue weighted by Crippen LogP contribution is 2.43. The summed E-state index contributed by atoms with van der Waals surface area (Å²) in [6.45, 7) is 0. The number of rotatable bonds is 8. The molecule has 2 nitrogen and oxygen atoms in total. The maximum Gasteiger partial charge on any atom is 0.0546 e. The molecule has 2 heteroatoms. The van der Waals surface area contributed by atoms with E-state index >= 15 is 0 Å². The monoisotopic (exact) mass is 864 g/mol. The molecule has 0 aliphatic rings. The molecular formula is C66H44N2. The molecule has 318 valence electrons. The van der Waals surface area contributed by atoms with Crippen molar-refractivity contribution in [3.63, 3.8) is 0 Å². The van der Waals surface area contributed by atoms with Crippen LogP contribution in [0.1, 0.15) is 0 Å². The largest absolute Gasteiger partial charge is 0.310 e. The second kappa shape index (κ2) is 16.5. The average molecular weight is 865 g/mol. The Kier molecular flexibility index (Phi) is 9.54. The van der Waals surface area contributed by atoms with Crippen molar-refractivity contribution in [1.82, 2.24) is 4.57 Å². The third-order valence-electron chi connectivity index (χ3n) is 13.7. The number of nitrogens with zero attached hydrogens (tertiary/aromatic N) is 2. The minimum absolute atomic E-state index is 1.07. The highest BCUT2D eigenvalue weighted by atomic mass is 15.1. The molecule has 13 rings (SSSR count). The van der Waals surface area contributed by atoms with Crippen LogP contribution < -0.4 is 4.90 Å². The van der Waals surface area contributed by atoms with Crippen LogP contribution in [0.5, 0.6) is 0 Å². The minimum Gasteiger partial charge on any atom is -0.310 e. The van der Waals surface area contributed by atoms with E-state index in [2.05, 4.69) is 276 Å². The first-order valence-corrected chi connectivity index (χ1v) is 23.4. The van der Waals surface area contributed by atoms with E-state index in [4.69, 9.17) is 0 Å². The molecule has 0 aliphatic carbocycles. The van der Waals surface area contributed by atoms with E-state index in [0.717, 1.165) is 33.9 Å². The molecule has 0 atom stereocenters. The first kappa shape index (κ1) is 39.4. The summed E-state index contributed by atoms with van der Waals surface area (Å²) in [5, 5.41) is 9.97. The molecule has 0 saturated carbocycles. The molecule has 0 amide bonds. The summed E-state index contributed by atoms with van der Waals surface area (Å²) in [6.07, 6.45) is 0. The Balaban J connectivity index is 0.979. The van der Waals surface area contributed by atoms with Crippen LogP contribution in [-0.2, 0) is 0 Å². The van der Waals surface area contributed by atoms with Gasteiger partial charge in [-0.2, -0.15) is 0 Å². The quantitative estimate of drug-likeness (QED) is 0.138. The molecule has 0 unspecified atom stereocenters. The summed E-state index contributed by atoms with van der Waals surface area (Å²) in [5.74, 6) is 0. The topological polar surface area (TPSA) is 8.17 Å². The predicted molar refractivity (Wildman–Crippen MR) is 290 cm³/mol. The number of benzene rings is 12. The average Bonchev–Trinajstić information content (AvgIpc) is 3.75. The van der Waals surface area contributed by atoms with Crippen LogP contribution in [0, 0.1) is 0 Å². The first-order chi connectivity index (χ1) is 33.7. The lowest BCUT2D eigenvalue weighted by atomic mass is 9.93. The number of fused-ring (bicyclic) bond motifs is 7. The number of aromatic nitrogens is 1. The van der Waals surface area contributed by atoms with Gasteiger partial charge in [-0.3, -0.25) is 0 Å². The molecule has 68 heavy (non-hydrogen) atoms. The van der Waals surface area contributed by atoms with Gasteiger partial charge in [0.2, 0.25) is 0 Å². The lowest BCUT2D eigenvalue weighted by Gasteiger charge is -2.27. The Morgan fingerprint density at radius 2 is 0.750 bits per heavy atom. The van der Waals surface area contributed by atoms with Gasteiger partial charge in [0.15, 0.2) is 0 Å². The molecule has 0 bridgehead atoms. The molecule has 0 N–H and O–H groups in total. The van der Waals surface area contributed by atoms with Crippen molar-refractivity contribution in [3.8, 4) is 50.2 Å². The molecule has 0 saturated heterocycles. The Labute approximate surface area is 395 Å². The van der Waals surface area contributed by atoms with Crippen molar-refractivity contribution in [2.45, 2.75) is 0 Å². The zero-order valence-corrected chi connectivity index (χ0v) is 37.3. The summed E-state index contributed by atoms with van der Waals surface area (Å²) in [4.78, 5) is 2.41. The van der Waals surface area contributed by atoms with Crippen molar-refractivity contribution >= 4 is 71.2 Å². The third kappa shape index (κ3) is 6.82. The van der Waals surface area contributed by atoms with E-state index in [-0.39, 0.29) is 0 Å². The van der Waals surface area contributed by atoms with E-state index in [1.165, 1.54) is 87.5 Å². The molecule has 13 aromatic rings. The van der Waals surface area contributed by atoms with Gasteiger partial charge in [0, 0.05) is 33.4 Å². The van der Waals surface area contributed by atoms with Gasteiger partial charge in [-0.1, -0.05) is 200 Å². The van der Waals surface area contributed by atoms with Crippen LogP contribution in [0.3, 0.4) is 0 Å². The van der Waals surface area contributed by atoms with Crippen molar-refractivity contribution in [3.05, 3.63) is 267 Å². The maximum atomic E-state index is 2.45. The molecule has 0 spiro atoms. The fraction of sp³-hybridized carbons (Fsp3) is 0. The van der Waals surface area contributed by atoms with Crippen LogP contribution in [0.25, 0.3) is 104 Å². The summed E-state index contributed by atoms with van der Waals surface area (Å²) in [5.41, 5.74) is 16.2. The van der Waals surface area contributed by atoms with Crippen LogP contribution >= 0.6 is 0 Å². The van der Waals surface area contributed by atoms with E-state index in [0.29, 0.717) is 0 Å². The van der Waals surface area contributed by atoms with Crippen LogP contribution in [-0.4, -0.2) is 4.57 Å². The molecule has 0 fully saturated rings. The van der Waals surface area contributed by atoms with Gasteiger partial charge in [-0.05, 0) is 138 Å². The fourth-order valence-corrected chi connectivity index (χ4v) is 10.5. The van der Waals surface area contributed by atoms with Gasteiger partial charge in [0.25, 0.3) is 0 Å². The maximum absolute atomic E-state index is 2.45. The Morgan fingerprint density at radius 3 is 1.49 bits per heavy atom. The fourth-order valence-electron chi connectivity index (χ4n) is 10.5. The zero-order valence-electron chi connectivity index (χ0n) is 37.3. The van der Waals surface area contributed by atoms with Crippen LogP contribution in [0.15, 0.2) is 267 Å². The van der Waals surface area contributed by atoms with E-state index in [1.54, 1.807) is 0 Å². The second-order valence-electron chi connectivity index (χ2n) is 17.7. The van der Waals surface area contributed by atoms with E-state index < -0.39 is 0 Å². The van der Waals surface area contributed by atoms with Crippen LogP contribution in [0.4, 0.5) is 17.1 Å². The van der Waals surface area contributed by atoms with Gasteiger partial charge < -0.3 is 9.47 Å². The molecule has 12 aromatic carbocycles. The number of hydrogen-bond donors (Lipinski definition) is 0. The van der Waals surface area contributed by atoms with Gasteiger partial charge in [-0.25, -0.2) is 0 Å². The first-order valence-electron chi connectivity index (χ1n) is 23.4. The van der Waals surface area contributed by atoms with Gasteiger partial charge >= 0.3 is 0 Å². The lowest BCUT2D eigenvalue weighted by molar-refractivity contribution is 1.18. The van der Waals surface area contributed by atoms with Crippen molar-refractivity contribution in [2.24, 2.45) is 0 Å². The summed E-state index contributed by atoms with van der Waals surface area (Å²) < 4.78 is 2.45. The summed E-state index contributed by atoms with van der Waals surface area (Å²) in [7, 11) is 0. The Bertz CT molecular complexity index is 3980. The predicted octanol–water partition coefficient (Wildman–Crippen LogP) is 18.4. The summed E-state index contributed by atoms with van der Waals surface area (Å²) >= 11 is 0. The van der Waals surface area contributed by atoms with Crippen molar-refractivity contribution in [2.75, 3.05) is 4.90 Å². The SMILES string of the molecule is c1ccc(-c2ccc(-c3ccc(N(c4cccc(-c5ccc6ccccc6c5)c4)c4cccc(-c5cc6ccccc6c6ccccc56)c4)cc3)c(-n3c4ccccc4c4ccccc43)c2)cc1. The third-order valence-corrected chi connectivity index (χ3v) is 13.7. The zero-order chi connectivity index (χ0) is 45.0. The standard InChI is InChI=1S/C66H44N2/c1-2-16-45(17-3-1)51-36-39-58(66(44-51)68-64-30-12-10-28-61(64)62-29-11-13-31-65(62)68)47-34-37-54(38-35-47)67(55-23-14-21-49(41-55)50-33-32-46-18-4-5-19-48(46)40-50)56-24-15-22-52(42-56)63-43-53-20-6-7-25-57(53)59-26-8-9-27-60(59)63/h1-44H. The van der Waals surface area contributed by atoms with Crippen LogP contribution in [0.2, 0.25) is 0 Å². The van der Waals surface area contributed by atoms with E-state index in [1.807, 2.05) is 0 Å². The van der Waals surface area contributed by atoms with Crippen molar-refractivity contribution < 1.29 is 0 Å². The van der Waals surface area contributed by atoms with Gasteiger partial charge in [0.1, 0.15) is 0 Å². The van der Waals surface area contributed by atoms with Gasteiger partial charge in [-0.15, -0.1) is 0 Å². The second-order valence-corrected chi connectivity index (χ2v) is 17.7. The molecular weight excluding hydrogens is 821 g/mol. The number of hydrogen-bond acceptors (Lipinski definition) is 1. The molecule has 0 radical (unpaired) electrons. The normalized spacial score (nSPS) is 11.5. The molecule has 0 aliphatic heterocycles. The number of para-hydroxylation sites is 2. The highest BCUT2D eigenvalue weighted by molar-refractivity contribution is 6.14. The Hall–Kier alpha value is -8.98. The lowest BCUT2D eigenvalue weighted by Crippen LogP contribution is -2.10. The Morgan fingerprint density at radius 1 is 0.235 bits per heavy atom. The molecule has 1 aromatic heterocycles. The summed E-state index contributed by atoms with van der Waals surface area (Å²) in [6, 6.07) is 97.6. The molecule has 1 heterocycles.